The van der Waals surface area contributed by atoms with Crippen molar-refractivity contribution in [3.05, 3.63) is 58.9 Å². The monoisotopic (exact) mass is 364 g/mol. The molecule has 0 amide bonds. The van der Waals surface area contributed by atoms with Crippen LogP contribution in [0.3, 0.4) is 0 Å². The predicted octanol–water partition coefficient (Wildman–Crippen LogP) is 5.59. The van der Waals surface area contributed by atoms with Crippen LogP contribution in [-0.4, -0.2) is 19.5 Å². The molecule has 1 aliphatic heterocycles. The lowest BCUT2D eigenvalue weighted by Gasteiger charge is -2.29. The Bertz CT molecular complexity index is 768. The molecule has 1 saturated heterocycles. The van der Waals surface area contributed by atoms with E-state index >= 15 is 0 Å². The van der Waals surface area contributed by atoms with E-state index in [1.165, 1.54) is 24.3 Å². The molecule has 0 bridgehead atoms. The first-order valence-corrected chi connectivity index (χ1v) is 9.05. The van der Waals surface area contributed by atoms with Gasteiger partial charge >= 0.3 is 0 Å². The predicted molar refractivity (Wildman–Crippen MR) is 94.5 cm³/mol. The van der Waals surface area contributed by atoms with Crippen LogP contribution >= 0.6 is 0 Å². The molecule has 1 fully saturated rings. The second-order valence-corrected chi connectivity index (χ2v) is 6.49. The fourth-order valence-corrected chi connectivity index (χ4v) is 3.37. The van der Waals surface area contributed by atoms with Crippen molar-refractivity contribution in [3.63, 3.8) is 0 Å². The summed E-state index contributed by atoms with van der Waals surface area (Å²) >= 11 is 0. The summed E-state index contributed by atoms with van der Waals surface area (Å²) < 4.78 is 54.6. The average Bonchev–Trinajstić information content (AvgIpc) is 2.65. The van der Waals surface area contributed by atoms with Crippen LogP contribution in [0.25, 0.3) is 11.1 Å². The van der Waals surface area contributed by atoms with Crippen LogP contribution in [0.15, 0.2) is 30.3 Å². The van der Waals surface area contributed by atoms with Crippen LogP contribution in [0.2, 0.25) is 0 Å². The zero-order valence-corrected chi connectivity index (χ0v) is 15.0. The van der Waals surface area contributed by atoms with E-state index in [1.807, 2.05) is 13.8 Å². The van der Waals surface area contributed by atoms with Crippen molar-refractivity contribution in [1.29, 1.82) is 0 Å². The van der Waals surface area contributed by atoms with Gasteiger partial charge in [-0.05, 0) is 43.4 Å². The number of halogens is 3. The topological polar surface area (TPSA) is 18.5 Å². The minimum absolute atomic E-state index is 0.0599. The van der Waals surface area contributed by atoms with E-state index in [0.717, 1.165) is 5.56 Å². The molecule has 0 saturated carbocycles. The Kier molecular flexibility index (Phi) is 5.99. The summed E-state index contributed by atoms with van der Waals surface area (Å²) in [7, 11) is 0. The smallest absolute Gasteiger partial charge is 0.167 e. The number of hydrogen-bond acceptors (Lipinski definition) is 2. The zero-order chi connectivity index (χ0) is 18.7. The third-order valence-electron chi connectivity index (χ3n) is 4.87. The normalized spacial score (nSPS) is 20.3. The Balaban J connectivity index is 1.85. The molecular formula is C21H23F3O2. The molecule has 0 N–H and O–H groups in total. The van der Waals surface area contributed by atoms with Crippen molar-refractivity contribution < 1.29 is 22.6 Å². The standard InChI is InChI=1S/C21H23F3O2/c1-3-13-5-7-16(18(22)11-13)17-9-8-15(20(23)21(17)24)14-6-10-19(25-4-2)26-12-14/h5,7-9,11,14,19H,3-4,6,10,12H2,1-2H3. The second-order valence-electron chi connectivity index (χ2n) is 6.49. The first-order valence-electron chi connectivity index (χ1n) is 9.05. The van der Waals surface area contributed by atoms with Gasteiger partial charge in [0.1, 0.15) is 5.82 Å². The highest BCUT2D eigenvalue weighted by Gasteiger charge is 2.27. The molecular weight excluding hydrogens is 341 g/mol. The van der Waals surface area contributed by atoms with Crippen LogP contribution < -0.4 is 0 Å². The quantitative estimate of drug-likeness (QED) is 0.688. The number of ether oxygens (including phenoxy) is 2. The van der Waals surface area contributed by atoms with Crippen LogP contribution in [0.1, 0.15) is 43.7 Å². The van der Waals surface area contributed by atoms with Gasteiger partial charge in [0.05, 0.1) is 6.61 Å². The van der Waals surface area contributed by atoms with Gasteiger partial charge in [-0.3, -0.25) is 0 Å². The Morgan fingerprint density at radius 1 is 1.00 bits per heavy atom. The van der Waals surface area contributed by atoms with Crippen LogP contribution in [0, 0.1) is 17.5 Å². The maximum absolute atomic E-state index is 14.7. The summed E-state index contributed by atoms with van der Waals surface area (Å²) in [6, 6.07) is 7.58. The lowest BCUT2D eigenvalue weighted by atomic mass is 9.90. The van der Waals surface area contributed by atoms with E-state index < -0.39 is 17.5 Å². The SMILES string of the molecule is CCOC1CCC(c2ccc(-c3ccc(CC)cc3F)c(F)c2F)CO1. The largest absolute Gasteiger partial charge is 0.353 e. The molecule has 2 nitrogen and oxygen atoms in total. The van der Waals surface area contributed by atoms with Crippen molar-refractivity contribution in [2.45, 2.75) is 45.3 Å². The van der Waals surface area contributed by atoms with Gasteiger partial charge < -0.3 is 9.47 Å². The first-order chi connectivity index (χ1) is 12.5. The lowest BCUT2D eigenvalue weighted by molar-refractivity contribution is -0.164. The maximum atomic E-state index is 14.7. The molecule has 2 aromatic rings. The Morgan fingerprint density at radius 3 is 2.38 bits per heavy atom. The Morgan fingerprint density at radius 2 is 1.77 bits per heavy atom. The lowest BCUT2D eigenvalue weighted by Crippen LogP contribution is -2.27. The molecule has 0 aromatic heterocycles. The summed E-state index contributed by atoms with van der Waals surface area (Å²) in [6.45, 7) is 4.62. The van der Waals surface area contributed by atoms with Crippen LogP contribution in [0.5, 0.6) is 0 Å². The van der Waals surface area contributed by atoms with Gasteiger partial charge in [0, 0.05) is 23.7 Å². The van der Waals surface area contributed by atoms with Gasteiger partial charge in [-0.2, -0.15) is 0 Å². The van der Waals surface area contributed by atoms with E-state index in [9.17, 15) is 13.2 Å². The molecule has 0 radical (unpaired) electrons. The summed E-state index contributed by atoms with van der Waals surface area (Å²) in [5.41, 5.74) is 1.09. The van der Waals surface area contributed by atoms with Crippen LogP contribution in [-0.2, 0) is 15.9 Å². The van der Waals surface area contributed by atoms with Crippen LogP contribution in [0.4, 0.5) is 13.2 Å². The van der Waals surface area contributed by atoms with Crippen molar-refractivity contribution in [3.8, 4) is 11.1 Å². The minimum Gasteiger partial charge on any atom is -0.353 e. The number of benzene rings is 2. The van der Waals surface area contributed by atoms with E-state index in [1.54, 1.807) is 6.07 Å². The molecule has 26 heavy (non-hydrogen) atoms. The van der Waals surface area contributed by atoms with Gasteiger partial charge in [0.15, 0.2) is 17.9 Å². The van der Waals surface area contributed by atoms with Gasteiger partial charge in [-0.25, -0.2) is 13.2 Å². The molecule has 0 spiro atoms. The molecule has 5 heteroatoms. The molecule has 1 aliphatic rings. The molecule has 140 valence electrons. The zero-order valence-electron chi connectivity index (χ0n) is 15.0. The third-order valence-corrected chi connectivity index (χ3v) is 4.87. The fourth-order valence-electron chi connectivity index (χ4n) is 3.37. The van der Waals surface area contributed by atoms with Gasteiger partial charge in [-0.15, -0.1) is 0 Å². The highest BCUT2D eigenvalue weighted by molar-refractivity contribution is 5.66. The molecule has 3 rings (SSSR count). The first kappa shape index (κ1) is 18.9. The highest BCUT2D eigenvalue weighted by atomic mass is 19.2. The second kappa shape index (κ2) is 8.23. The molecule has 2 unspecified atom stereocenters. The molecule has 1 heterocycles. The minimum atomic E-state index is -1.02. The van der Waals surface area contributed by atoms with Crippen molar-refractivity contribution >= 4 is 0 Å². The summed E-state index contributed by atoms with van der Waals surface area (Å²) in [6.07, 6.45) is 1.68. The van der Waals surface area contributed by atoms with Gasteiger partial charge in [0.25, 0.3) is 0 Å². The van der Waals surface area contributed by atoms with E-state index in [-0.39, 0.29) is 35.5 Å². The molecule has 2 atom stereocenters. The average molecular weight is 364 g/mol. The van der Waals surface area contributed by atoms with Crippen molar-refractivity contribution in [1.82, 2.24) is 0 Å². The van der Waals surface area contributed by atoms with Gasteiger partial charge in [-0.1, -0.05) is 31.2 Å². The molecule has 2 aromatic carbocycles. The summed E-state index contributed by atoms with van der Waals surface area (Å²) in [5.74, 6) is -2.72. The number of aryl methyl sites for hydroxylation is 1. The summed E-state index contributed by atoms with van der Waals surface area (Å²) in [5, 5.41) is 0. The van der Waals surface area contributed by atoms with E-state index in [0.29, 0.717) is 25.9 Å². The number of hydrogen-bond donors (Lipinski definition) is 0. The maximum Gasteiger partial charge on any atom is 0.167 e. The molecule has 0 aliphatic carbocycles. The highest BCUT2D eigenvalue weighted by Crippen LogP contribution is 2.35. The third kappa shape index (κ3) is 3.79. The number of rotatable bonds is 5. The Labute approximate surface area is 151 Å². The Hall–Kier alpha value is -1.85. The van der Waals surface area contributed by atoms with Gasteiger partial charge in [0.2, 0.25) is 0 Å². The summed E-state index contributed by atoms with van der Waals surface area (Å²) in [4.78, 5) is 0. The van der Waals surface area contributed by atoms with Crippen molar-refractivity contribution in [2.75, 3.05) is 13.2 Å². The fraction of sp³-hybridized carbons (Fsp3) is 0.429. The van der Waals surface area contributed by atoms with Crippen molar-refractivity contribution in [2.24, 2.45) is 0 Å². The van der Waals surface area contributed by atoms with E-state index in [4.69, 9.17) is 9.47 Å². The van der Waals surface area contributed by atoms with E-state index in [2.05, 4.69) is 0 Å².